The van der Waals surface area contributed by atoms with Crippen molar-refractivity contribution < 1.29 is 0 Å². The fourth-order valence-corrected chi connectivity index (χ4v) is 2.12. The van der Waals surface area contributed by atoms with Gasteiger partial charge in [-0.25, -0.2) is 5.84 Å². The Morgan fingerprint density at radius 2 is 1.89 bits per heavy atom. The topological polar surface area (TPSA) is 29.3 Å². The van der Waals surface area contributed by atoms with E-state index in [9.17, 15) is 0 Å². The van der Waals surface area contributed by atoms with Crippen LogP contribution in [0.15, 0.2) is 36.4 Å². The van der Waals surface area contributed by atoms with Gasteiger partial charge < -0.3 is 5.01 Å². The van der Waals surface area contributed by atoms with Gasteiger partial charge in [-0.2, -0.15) is 0 Å². The van der Waals surface area contributed by atoms with Crippen LogP contribution in [0.3, 0.4) is 0 Å². The van der Waals surface area contributed by atoms with Crippen LogP contribution in [0.1, 0.15) is 45.1 Å². The Kier molecular flexibility index (Phi) is 6.65. The van der Waals surface area contributed by atoms with Crippen LogP contribution < -0.4 is 10.9 Å². The van der Waals surface area contributed by atoms with E-state index in [0.717, 1.165) is 31.0 Å². The molecule has 1 aromatic rings. The number of nitrogens with zero attached hydrogens (tertiary/aromatic N) is 1. The van der Waals surface area contributed by atoms with Crippen LogP contribution in [0.4, 0.5) is 5.69 Å². The van der Waals surface area contributed by atoms with Crippen LogP contribution >= 0.6 is 0 Å². The minimum atomic E-state index is 0.718. The summed E-state index contributed by atoms with van der Waals surface area (Å²) >= 11 is 0. The van der Waals surface area contributed by atoms with Crippen molar-refractivity contribution in [3.05, 3.63) is 42.0 Å². The molecule has 0 aliphatic heterocycles. The van der Waals surface area contributed by atoms with Gasteiger partial charge in [0.25, 0.3) is 0 Å². The number of hydrazine groups is 1. The van der Waals surface area contributed by atoms with Crippen LogP contribution in [0, 0.1) is 12.8 Å². The number of nitrogens with two attached hydrogens (primary N) is 1. The molecule has 0 radical (unpaired) electrons. The Morgan fingerprint density at radius 3 is 2.47 bits per heavy atom. The maximum absolute atomic E-state index is 6.09. The number of allylic oxidation sites excluding steroid dienone is 1. The Balaban J connectivity index is 2.27. The Morgan fingerprint density at radius 1 is 1.26 bits per heavy atom. The van der Waals surface area contributed by atoms with Gasteiger partial charge in [0.1, 0.15) is 0 Å². The summed E-state index contributed by atoms with van der Waals surface area (Å²) in [4.78, 5) is 0. The van der Waals surface area contributed by atoms with Crippen molar-refractivity contribution in [3.8, 4) is 0 Å². The lowest BCUT2D eigenvalue weighted by molar-refractivity contribution is 0.473. The normalized spacial score (nSPS) is 12.2. The van der Waals surface area contributed by atoms with Gasteiger partial charge in [-0.15, -0.1) is 6.58 Å². The van der Waals surface area contributed by atoms with E-state index in [-0.39, 0.29) is 0 Å². The lowest BCUT2D eigenvalue weighted by Crippen LogP contribution is -2.32. The van der Waals surface area contributed by atoms with Crippen LogP contribution in [0.25, 0.3) is 0 Å². The second kappa shape index (κ2) is 8.00. The lowest BCUT2D eigenvalue weighted by atomic mass is 9.99. The molecule has 2 nitrogen and oxygen atoms in total. The summed E-state index contributed by atoms with van der Waals surface area (Å²) in [5, 5.41) is 1.86. The van der Waals surface area contributed by atoms with Gasteiger partial charge in [-0.1, -0.05) is 36.6 Å². The molecule has 19 heavy (non-hydrogen) atoms. The highest BCUT2D eigenvalue weighted by Crippen LogP contribution is 2.17. The zero-order chi connectivity index (χ0) is 14.3. The van der Waals surface area contributed by atoms with E-state index in [1.165, 1.54) is 24.0 Å². The van der Waals surface area contributed by atoms with E-state index in [1.807, 2.05) is 5.01 Å². The third-order valence-electron chi connectivity index (χ3n) is 3.53. The van der Waals surface area contributed by atoms with Crippen molar-refractivity contribution in [2.75, 3.05) is 11.6 Å². The molecule has 1 aromatic carbocycles. The molecule has 2 N–H and O–H groups in total. The first kappa shape index (κ1) is 15.8. The zero-order valence-electron chi connectivity index (χ0n) is 12.7. The van der Waals surface area contributed by atoms with Crippen molar-refractivity contribution >= 4 is 5.69 Å². The average Bonchev–Trinajstić information content (AvgIpc) is 2.36. The van der Waals surface area contributed by atoms with Crippen molar-refractivity contribution in [1.29, 1.82) is 0 Å². The monoisotopic (exact) mass is 260 g/mol. The number of rotatable bonds is 8. The average molecular weight is 260 g/mol. The minimum Gasteiger partial charge on any atom is -0.311 e. The van der Waals surface area contributed by atoms with Gasteiger partial charge in [0, 0.05) is 6.54 Å². The molecule has 0 fully saturated rings. The predicted molar refractivity (Wildman–Crippen MR) is 85.2 cm³/mol. The highest BCUT2D eigenvalue weighted by atomic mass is 15.4. The number of anilines is 1. The Labute approximate surface area is 118 Å². The third-order valence-corrected chi connectivity index (χ3v) is 3.53. The van der Waals surface area contributed by atoms with Crippen LogP contribution in [-0.4, -0.2) is 6.54 Å². The summed E-state index contributed by atoms with van der Waals surface area (Å²) in [5.74, 6) is 6.81. The first-order valence-corrected chi connectivity index (χ1v) is 7.22. The van der Waals surface area contributed by atoms with Gasteiger partial charge in [0.15, 0.2) is 0 Å². The van der Waals surface area contributed by atoms with Gasteiger partial charge in [-0.05, 0) is 51.2 Å². The largest absolute Gasteiger partial charge is 0.311 e. The second-order valence-electron chi connectivity index (χ2n) is 5.77. The molecule has 1 atom stereocenters. The highest BCUT2D eigenvalue weighted by molar-refractivity contribution is 5.45. The lowest BCUT2D eigenvalue weighted by Gasteiger charge is -2.21. The molecule has 0 heterocycles. The number of aryl methyl sites for hydroxylation is 1. The maximum Gasteiger partial charge on any atom is 0.0517 e. The first-order valence-electron chi connectivity index (χ1n) is 7.22. The van der Waals surface area contributed by atoms with Gasteiger partial charge in [0.2, 0.25) is 0 Å². The molecule has 0 bridgehead atoms. The molecule has 0 aromatic heterocycles. The number of hydrogen-bond acceptors (Lipinski definition) is 2. The predicted octanol–water partition coefficient (Wildman–Crippen LogP) is 4.45. The minimum absolute atomic E-state index is 0.718. The molecule has 0 aliphatic carbocycles. The fourth-order valence-electron chi connectivity index (χ4n) is 2.12. The van der Waals surface area contributed by atoms with E-state index in [2.05, 4.69) is 51.6 Å². The Bertz CT molecular complexity index is 381. The van der Waals surface area contributed by atoms with E-state index in [1.54, 1.807) is 0 Å². The molecule has 0 aliphatic rings. The molecule has 1 rings (SSSR count). The highest BCUT2D eigenvalue weighted by Gasteiger charge is 2.06. The van der Waals surface area contributed by atoms with Crippen LogP contribution in [0.5, 0.6) is 0 Å². The Hall–Kier alpha value is -1.28. The van der Waals surface area contributed by atoms with E-state index in [4.69, 9.17) is 5.84 Å². The molecular weight excluding hydrogens is 232 g/mol. The summed E-state index contributed by atoms with van der Waals surface area (Å²) in [6.45, 7) is 11.4. The van der Waals surface area contributed by atoms with E-state index in [0.29, 0.717) is 0 Å². The quantitative estimate of drug-likeness (QED) is 0.425. The molecule has 0 spiro atoms. The number of benzene rings is 1. The number of hydrogen-bond donors (Lipinski definition) is 1. The molecule has 1 unspecified atom stereocenters. The third kappa shape index (κ3) is 6.44. The second-order valence-corrected chi connectivity index (χ2v) is 5.77. The molecule has 106 valence electrons. The molecule has 0 saturated carbocycles. The molecular formula is C17H28N2. The maximum atomic E-state index is 6.09. The summed E-state index contributed by atoms with van der Waals surface area (Å²) in [7, 11) is 0. The molecule has 0 saturated heterocycles. The van der Waals surface area contributed by atoms with Crippen LogP contribution in [-0.2, 0) is 0 Å². The van der Waals surface area contributed by atoms with Crippen molar-refractivity contribution in [1.82, 2.24) is 0 Å². The summed E-state index contributed by atoms with van der Waals surface area (Å²) < 4.78 is 0. The van der Waals surface area contributed by atoms with Crippen molar-refractivity contribution in [3.63, 3.8) is 0 Å². The van der Waals surface area contributed by atoms with Gasteiger partial charge >= 0.3 is 0 Å². The SMILES string of the molecule is C=C(C)CCCC(C)CCN(N)c1ccc(C)cc1. The zero-order valence-corrected chi connectivity index (χ0v) is 12.7. The van der Waals surface area contributed by atoms with E-state index < -0.39 is 0 Å². The van der Waals surface area contributed by atoms with E-state index >= 15 is 0 Å². The summed E-state index contributed by atoms with van der Waals surface area (Å²) in [5.41, 5.74) is 3.65. The van der Waals surface area contributed by atoms with Crippen molar-refractivity contribution in [2.45, 2.75) is 46.5 Å². The fraction of sp³-hybridized carbons (Fsp3) is 0.529. The van der Waals surface area contributed by atoms with Gasteiger partial charge in [0.05, 0.1) is 5.69 Å². The smallest absolute Gasteiger partial charge is 0.0517 e. The molecule has 2 heteroatoms. The first-order chi connectivity index (χ1) is 8.99. The van der Waals surface area contributed by atoms with Crippen molar-refractivity contribution in [2.24, 2.45) is 11.8 Å². The van der Waals surface area contributed by atoms with Gasteiger partial charge in [-0.3, -0.25) is 0 Å². The molecule has 0 amide bonds. The van der Waals surface area contributed by atoms with Crippen LogP contribution in [0.2, 0.25) is 0 Å². The standard InChI is InChI=1S/C17H28N2/c1-14(2)6-5-7-15(3)12-13-19(18)17-10-8-16(4)9-11-17/h8-11,15H,1,5-7,12-13,18H2,2-4H3. The summed E-state index contributed by atoms with van der Waals surface area (Å²) in [6, 6.07) is 8.37. The summed E-state index contributed by atoms with van der Waals surface area (Å²) in [6.07, 6.45) is 4.79.